The van der Waals surface area contributed by atoms with Crippen LogP contribution in [0.1, 0.15) is 137 Å². The Morgan fingerprint density at radius 3 is 1.68 bits per heavy atom. The number of aromatic nitrogens is 1. The van der Waals surface area contributed by atoms with Crippen molar-refractivity contribution in [3.63, 3.8) is 0 Å². The third-order valence-corrected chi connectivity index (χ3v) is 17.4. The van der Waals surface area contributed by atoms with Crippen molar-refractivity contribution >= 4 is 70.4 Å². The van der Waals surface area contributed by atoms with Crippen LogP contribution in [0.5, 0.6) is 0 Å². The number of benzene rings is 1. The molecule has 10 amide bonds. The third-order valence-electron chi connectivity index (χ3n) is 16.8. The Hall–Kier alpha value is -6.56. The van der Waals surface area contributed by atoms with Crippen LogP contribution in [0.2, 0.25) is 0 Å². The lowest BCUT2D eigenvalue weighted by atomic mass is 9.92. The van der Waals surface area contributed by atoms with E-state index in [0.717, 1.165) is 27.5 Å². The molecule has 22 nitrogen and oxygen atoms in total. The first kappa shape index (κ1) is 69.9. The third kappa shape index (κ3) is 18.7. The summed E-state index contributed by atoms with van der Waals surface area (Å²) < 4.78 is 19.6. The SMILES string of the molecule is CCCCC[C@@H]1NC(=O)[C@H](CC(C)C)N(C)C(=O)[C@H](Cc2ccc(F)cc2)NC(=O)[C@H](C)N(C)C(=O)[C@@H](C)N(C)C(=O)[C@H](Cc2cscn2)NC(=O)[C@H](C)N(C)C(=O)[C@H](CCOC)NC(=O)[C@H]2CCCN2C(=O)[C@H](CC(CC)CC)N(C)C1=O. The number of methoxy groups -OCH3 is 1. The summed E-state index contributed by atoms with van der Waals surface area (Å²) >= 11 is 1.27. The Balaban J connectivity index is 1.89. The average molecular weight is 1200 g/mol. The number of likely N-dealkylation sites (N-methyl/N-ethyl adjacent to an activating group) is 5. The van der Waals surface area contributed by atoms with Crippen molar-refractivity contribution in [1.82, 2.24) is 55.7 Å². The van der Waals surface area contributed by atoms with Crippen LogP contribution in [0.4, 0.5) is 4.39 Å². The molecule has 0 radical (unpaired) electrons. The van der Waals surface area contributed by atoms with Crippen molar-refractivity contribution < 1.29 is 57.1 Å². The van der Waals surface area contributed by atoms with Gasteiger partial charge in [-0.1, -0.05) is 78.9 Å². The summed E-state index contributed by atoms with van der Waals surface area (Å²) in [7, 11) is 8.53. The molecular formula is C60H94FN11O11S. The molecule has 468 valence electrons. The van der Waals surface area contributed by atoms with Crippen LogP contribution in [0.3, 0.4) is 0 Å². The lowest BCUT2D eigenvalue weighted by Gasteiger charge is -2.37. The Kier molecular flexibility index (Phi) is 27.7. The number of halogens is 1. The number of carbonyl (C=O) groups is 10. The van der Waals surface area contributed by atoms with Crippen LogP contribution in [0.15, 0.2) is 35.2 Å². The first-order valence-corrected chi connectivity index (χ1v) is 30.6. The lowest BCUT2D eigenvalue weighted by molar-refractivity contribution is -0.150. The second kappa shape index (κ2) is 33.2. The van der Waals surface area contributed by atoms with Gasteiger partial charge in [0.1, 0.15) is 66.2 Å². The van der Waals surface area contributed by atoms with E-state index in [1.54, 1.807) is 10.9 Å². The second-order valence-electron chi connectivity index (χ2n) is 23.1. The van der Waals surface area contributed by atoms with Gasteiger partial charge in [-0.3, -0.25) is 47.9 Å². The summed E-state index contributed by atoms with van der Waals surface area (Å²) in [6.45, 7) is 14.3. The standard InChI is InChI=1S/C60H94FN11O11S/c1-15-18-19-21-44-57(79)71(13)50(32-40(16-2)17-3)60(82)72-28-20-22-48(72)53(75)64-45(27-29-83-14)56(78)68(10)38(7)52(74)66-47(33-43-34-84-35-62-43)58(80)69(11)39(8)55(77)67(9)37(6)51(73)65-46(31-41-23-25-42(61)26-24-41)59(81)70(12)49(30-36(4)5)54(76)63-44/h23-26,34-40,44-50H,15-22,27-33H2,1-14H3,(H,63,76)(H,64,75)(H,65,73)(H,66,74)/t37-,38-,39+,44-,45-,46-,47-,48+,49-,50-/m0/s1. The van der Waals surface area contributed by atoms with Crippen molar-refractivity contribution in [2.24, 2.45) is 11.8 Å². The fraction of sp³-hybridized carbons (Fsp3) is 0.683. The predicted molar refractivity (Wildman–Crippen MR) is 317 cm³/mol. The molecule has 2 fully saturated rings. The number of unbranched alkanes of at least 4 members (excludes halogenated alkanes) is 2. The molecule has 2 aromatic rings. The van der Waals surface area contributed by atoms with Gasteiger partial charge in [-0.2, -0.15) is 0 Å². The lowest BCUT2D eigenvalue weighted by Crippen LogP contribution is -2.61. The molecule has 0 saturated carbocycles. The quantitative estimate of drug-likeness (QED) is 0.166. The minimum atomic E-state index is -1.37. The number of fused-ring (bicyclic) bond motifs is 1. The van der Waals surface area contributed by atoms with Crippen LogP contribution in [-0.2, 0) is 65.5 Å². The maximum atomic E-state index is 15.2. The van der Waals surface area contributed by atoms with E-state index in [4.69, 9.17) is 4.74 Å². The molecule has 2 saturated heterocycles. The molecule has 4 rings (SSSR count). The highest BCUT2D eigenvalue weighted by atomic mass is 32.1. The van der Waals surface area contributed by atoms with Crippen molar-refractivity contribution in [2.75, 3.05) is 55.5 Å². The zero-order valence-electron chi connectivity index (χ0n) is 51.9. The molecule has 1 aromatic heterocycles. The maximum Gasteiger partial charge on any atom is 0.246 e. The summed E-state index contributed by atoms with van der Waals surface area (Å²) in [5.74, 6) is -7.21. The van der Waals surface area contributed by atoms with Crippen LogP contribution < -0.4 is 21.3 Å². The Bertz CT molecular complexity index is 2550. The van der Waals surface area contributed by atoms with Gasteiger partial charge in [-0.05, 0) is 88.8 Å². The molecular weight excluding hydrogens is 1100 g/mol. The minimum absolute atomic E-state index is 0.00493. The van der Waals surface area contributed by atoms with E-state index in [-0.39, 0.29) is 69.9 Å². The first-order valence-electron chi connectivity index (χ1n) is 29.7. The van der Waals surface area contributed by atoms with Crippen molar-refractivity contribution in [3.8, 4) is 0 Å². The summed E-state index contributed by atoms with van der Waals surface area (Å²) in [6.07, 6.45) is 4.43. The normalized spacial score (nSPS) is 26.0. The highest BCUT2D eigenvalue weighted by Crippen LogP contribution is 2.27. The van der Waals surface area contributed by atoms with Gasteiger partial charge in [0.2, 0.25) is 59.1 Å². The van der Waals surface area contributed by atoms with Crippen LogP contribution in [0, 0.1) is 17.7 Å². The summed E-state index contributed by atoms with van der Waals surface area (Å²) in [6, 6.07) is -6.70. The van der Waals surface area contributed by atoms with E-state index in [1.165, 1.54) is 113 Å². The van der Waals surface area contributed by atoms with Gasteiger partial charge < -0.3 is 55.4 Å². The number of ether oxygens (including phenoxy) is 1. The smallest absolute Gasteiger partial charge is 0.246 e. The number of nitrogens with zero attached hydrogens (tertiary/aromatic N) is 7. The Labute approximate surface area is 500 Å². The number of amides is 10. The first-order chi connectivity index (χ1) is 39.7. The zero-order chi connectivity index (χ0) is 62.7. The van der Waals surface area contributed by atoms with E-state index in [2.05, 4.69) is 26.3 Å². The highest BCUT2D eigenvalue weighted by Gasteiger charge is 2.44. The van der Waals surface area contributed by atoms with E-state index in [1.807, 2.05) is 34.6 Å². The van der Waals surface area contributed by atoms with Crippen LogP contribution in [-0.4, -0.2) is 209 Å². The largest absolute Gasteiger partial charge is 0.385 e. The van der Waals surface area contributed by atoms with Gasteiger partial charge in [-0.15, -0.1) is 11.3 Å². The summed E-state index contributed by atoms with van der Waals surface area (Å²) in [5.41, 5.74) is 2.49. The topological polar surface area (TPSA) is 260 Å². The molecule has 0 bridgehead atoms. The second-order valence-corrected chi connectivity index (χ2v) is 23.8. The fourth-order valence-corrected chi connectivity index (χ4v) is 11.3. The van der Waals surface area contributed by atoms with Gasteiger partial charge in [0.05, 0.1) is 11.2 Å². The molecule has 2 aliphatic heterocycles. The molecule has 2 aliphatic rings. The van der Waals surface area contributed by atoms with Gasteiger partial charge in [-0.25, -0.2) is 9.37 Å². The van der Waals surface area contributed by atoms with E-state index in [9.17, 15) is 38.0 Å². The van der Waals surface area contributed by atoms with Gasteiger partial charge in [0.15, 0.2) is 0 Å². The molecule has 24 heteroatoms. The van der Waals surface area contributed by atoms with Gasteiger partial charge in [0, 0.05) is 73.7 Å². The highest BCUT2D eigenvalue weighted by molar-refractivity contribution is 7.07. The molecule has 1 aromatic carbocycles. The van der Waals surface area contributed by atoms with E-state index < -0.39 is 125 Å². The molecule has 84 heavy (non-hydrogen) atoms. The Morgan fingerprint density at radius 2 is 1.12 bits per heavy atom. The molecule has 4 N–H and O–H groups in total. The minimum Gasteiger partial charge on any atom is -0.385 e. The summed E-state index contributed by atoms with van der Waals surface area (Å²) in [5, 5.41) is 13.1. The number of nitrogens with one attached hydrogen (secondary N) is 4. The monoisotopic (exact) mass is 1200 g/mol. The van der Waals surface area contributed by atoms with Gasteiger partial charge in [0.25, 0.3) is 0 Å². The molecule has 0 unspecified atom stereocenters. The van der Waals surface area contributed by atoms with Crippen molar-refractivity contribution in [3.05, 3.63) is 52.2 Å². The zero-order valence-corrected chi connectivity index (χ0v) is 52.7. The van der Waals surface area contributed by atoms with Crippen LogP contribution >= 0.6 is 11.3 Å². The van der Waals surface area contributed by atoms with Gasteiger partial charge >= 0.3 is 0 Å². The van der Waals surface area contributed by atoms with Crippen molar-refractivity contribution in [1.29, 1.82) is 0 Å². The number of thiazole rings is 1. The van der Waals surface area contributed by atoms with E-state index >= 15 is 14.4 Å². The molecule has 0 aliphatic carbocycles. The maximum absolute atomic E-state index is 15.2. The fourth-order valence-electron chi connectivity index (χ4n) is 10.7. The number of hydrogen-bond donors (Lipinski definition) is 4. The number of rotatable bonds is 17. The van der Waals surface area contributed by atoms with Crippen molar-refractivity contribution in [2.45, 2.75) is 199 Å². The average Bonchev–Trinajstić information content (AvgIpc) is 4.28. The number of hydrogen-bond acceptors (Lipinski definition) is 13. The molecule has 0 spiro atoms. The van der Waals surface area contributed by atoms with E-state index in [0.29, 0.717) is 36.9 Å². The number of carbonyl (C=O) groups excluding carboxylic acids is 10. The predicted octanol–water partition coefficient (Wildman–Crippen LogP) is 3.70. The molecule has 3 heterocycles. The summed E-state index contributed by atoms with van der Waals surface area (Å²) in [4.78, 5) is 159. The van der Waals surface area contributed by atoms with Crippen LogP contribution in [0.25, 0.3) is 0 Å². The molecule has 10 atom stereocenters. The Morgan fingerprint density at radius 1 is 0.607 bits per heavy atom.